The molecule has 3 aromatic carbocycles. The van der Waals surface area contributed by atoms with Gasteiger partial charge in [-0.15, -0.1) is 0 Å². The maximum atomic E-state index is 14.2. The lowest BCUT2D eigenvalue weighted by atomic mass is 10.1. The maximum Gasteiger partial charge on any atom is 0.293 e. The van der Waals surface area contributed by atoms with Gasteiger partial charge >= 0.3 is 0 Å². The first kappa shape index (κ1) is 25.4. The van der Waals surface area contributed by atoms with Crippen molar-refractivity contribution in [3.05, 3.63) is 97.1 Å². The molecule has 5 nitrogen and oxygen atoms in total. The van der Waals surface area contributed by atoms with Gasteiger partial charge in [0.15, 0.2) is 11.5 Å². The molecule has 3 aromatic rings. The Morgan fingerprint density at radius 3 is 2.26 bits per heavy atom. The number of carbonyl (C=O) groups excluding carboxylic acids is 2. The van der Waals surface area contributed by atoms with Crippen LogP contribution in [0.2, 0.25) is 15.1 Å². The van der Waals surface area contributed by atoms with Crippen LogP contribution in [-0.2, 0) is 17.9 Å². The molecule has 1 saturated heterocycles. The van der Waals surface area contributed by atoms with Gasteiger partial charge < -0.3 is 9.47 Å². The first-order valence-corrected chi connectivity index (χ1v) is 12.2. The minimum atomic E-state index is -0.587. The van der Waals surface area contributed by atoms with Gasteiger partial charge in [0.1, 0.15) is 12.4 Å². The number of nitrogens with zero attached hydrogens (tertiary/aromatic N) is 1. The molecule has 35 heavy (non-hydrogen) atoms. The smallest absolute Gasteiger partial charge is 0.293 e. The summed E-state index contributed by atoms with van der Waals surface area (Å²) in [6.45, 7) is -0.165. The van der Waals surface area contributed by atoms with Gasteiger partial charge in [-0.25, -0.2) is 4.39 Å². The predicted octanol–water partition coefficient (Wildman–Crippen LogP) is 7.61. The zero-order chi connectivity index (χ0) is 25.1. The second-order valence-corrected chi connectivity index (χ2v) is 9.58. The van der Waals surface area contributed by atoms with Gasteiger partial charge in [0.25, 0.3) is 11.1 Å². The number of halogens is 4. The molecule has 1 fully saturated rings. The Hall–Kier alpha value is -2.71. The highest BCUT2D eigenvalue weighted by atomic mass is 35.5. The lowest BCUT2D eigenvalue weighted by Gasteiger charge is -2.14. The molecule has 1 aliphatic heterocycles. The summed E-state index contributed by atoms with van der Waals surface area (Å²) in [6, 6.07) is 14.4. The third-order valence-corrected chi connectivity index (χ3v) is 7.14. The number of rotatable bonds is 7. The van der Waals surface area contributed by atoms with E-state index in [1.54, 1.807) is 42.5 Å². The Labute approximate surface area is 220 Å². The first-order chi connectivity index (χ1) is 16.8. The molecule has 1 heterocycles. The van der Waals surface area contributed by atoms with Crippen molar-refractivity contribution in [1.82, 2.24) is 4.90 Å². The van der Waals surface area contributed by atoms with Crippen molar-refractivity contribution >= 4 is 63.8 Å². The summed E-state index contributed by atoms with van der Waals surface area (Å²) in [5, 5.41) is 0.565. The number of hydrogen-bond acceptors (Lipinski definition) is 5. The molecule has 1 aliphatic rings. The molecule has 2 amide bonds. The van der Waals surface area contributed by atoms with Crippen molar-refractivity contribution < 1.29 is 23.5 Å². The molecule has 0 aromatic heterocycles. The summed E-state index contributed by atoms with van der Waals surface area (Å²) in [4.78, 5) is 26.5. The van der Waals surface area contributed by atoms with Crippen LogP contribution in [0.15, 0.2) is 59.5 Å². The van der Waals surface area contributed by atoms with Crippen LogP contribution in [0.1, 0.15) is 16.7 Å². The van der Waals surface area contributed by atoms with Crippen molar-refractivity contribution in [2.45, 2.75) is 13.2 Å². The highest BCUT2D eigenvalue weighted by molar-refractivity contribution is 8.18. The fourth-order valence-corrected chi connectivity index (χ4v) is 4.91. The second kappa shape index (κ2) is 10.9. The zero-order valence-electron chi connectivity index (χ0n) is 18.2. The van der Waals surface area contributed by atoms with Crippen LogP contribution in [-0.4, -0.2) is 23.2 Å². The summed E-state index contributed by atoms with van der Waals surface area (Å²) >= 11 is 19.3. The molecule has 0 saturated carbocycles. The van der Waals surface area contributed by atoms with Crippen molar-refractivity contribution in [2.75, 3.05) is 7.11 Å². The Morgan fingerprint density at radius 1 is 0.943 bits per heavy atom. The molecule has 0 atom stereocenters. The van der Waals surface area contributed by atoms with E-state index < -0.39 is 17.0 Å². The van der Waals surface area contributed by atoms with Gasteiger partial charge in [0.2, 0.25) is 0 Å². The van der Waals surface area contributed by atoms with E-state index in [1.807, 2.05) is 0 Å². The fraction of sp³-hybridized carbons (Fsp3) is 0.120. The van der Waals surface area contributed by atoms with Gasteiger partial charge in [0.05, 0.1) is 18.6 Å². The predicted molar refractivity (Wildman–Crippen MR) is 137 cm³/mol. The number of hydrogen-bond donors (Lipinski definition) is 0. The lowest BCUT2D eigenvalue weighted by Crippen LogP contribution is -2.28. The minimum Gasteiger partial charge on any atom is -0.493 e. The largest absolute Gasteiger partial charge is 0.493 e. The van der Waals surface area contributed by atoms with Gasteiger partial charge in [-0.2, -0.15) is 0 Å². The van der Waals surface area contributed by atoms with Crippen LogP contribution >= 0.6 is 46.6 Å². The van der Waals surface area contributed by atoms with Crippen molar-refractivity contribution in [3.63, 3.8) is 0 Å². The van der Waals surface area contributed by atoms with E-state index in [0.717, 1.165) is 16.7 Å². The highest BCUT2D eigenvalue weighted by Gasteiger charge is 2.36. The normalized spacial score (nSPS) is 14.7. The van der Waals surface area contributed by atoms with Gasteiger partial charge in [-0.3, -0.25) is 14.5 Å². The summed E-state index contributed by atoms with van der Waals surface area (Å²) in [6.07, 6.45) is 1.56. The standard InChI is InChI=1S/C25H17Cl3FNO4S/c1-33-21-9-8-14(10-22(21)34-13-16-18(27)4-2-5-19(16)28)11-23-24(31)30(25(32)35-23)12-15-17(26)6-3-7-20(15)29/h2-11H,12-13H2,1H3/b23-11-. The van der Waals surface area contributed by atoms with E-state index >= 15 is 0 Å². The minimum absolute atomic E-state index is 0.0797. The maximum absolute atomic E-state index is 14.2. The number of benzene rings is 3. The first-order valence-electron chi connectivity index (χ1n) is 10.2. The average Bonchev–Trinajstić information content (AvgIpc) is 3.08. The number of amides is 2. The van der Waals surface area contributed by atoms with Crippen molar-refractivity contribution in [2.24, 2.45) is 0 Å². The number of thioether (sulfide) groups is 1. The summed E-state index contributed by atoms with van der Waals surface area (Å²) in [5.41, 5.74) is 1.30. The lowest BCUT2D eigenvalue weighted by molar-refractivity contribution is -0.123. The molecule has 0 radical (unpaired) electrons. The summed E-state index contributed by atoms with van der Waals surface area (Å²) < 4.78 is 25.4. The van der Waals surface area contributed by atoms with Crippen LogP contribution in [0.5, 0.6) is 11.5 Å². The average molecular weight is 553 g/mol. The fourth-order valence-electron chi connectivity index (χ4n) is 3.35. The van der Waals surface area contributed by atoms with E-state index in [4.69, 9.17) is 44.3 Å². The van der Waals surface area contributed by atoms with Crippen LogP contribution in [0.4, 0.5) is 9.18 Å². The molecule has 0 spiro atoms. The zero-order valence-corrected chi connectivity index (χ0v) is 21.3. The van der Waals surface area contributed by atoms with Gasteiger partial charge in [0, 0.05) is 26.2 Å². The Kier molecular flexibility index (Phi) is 7.91. The quantitative estimate of drug-likeness (QED) is 0.282. The van der Waals surface area contributed by atoms with E-state index in [9.17, 15) is 14.0 Å². The molecule has 0 aliphatic carbocycles. The molecule has 0 bridgehead atoms. The molecular formula is C25H17Cl3FNO4S. The van der Waals surface area contributed by atoms with E-state index in [-0.39, 0.29) is 28.6 Å². The third-order valence-electron chi connectivity index (χ3n) is 5.17. The van der Waals surface area contributed by atoms with Crippen LogP contribution in [0, 0.1) is 5.82 Å². The number of ether oxygens (including phenoxy) is 2. The molecule has 4 rings (SSSR count). The molecular weight excluding hydrogens is 536 g/mol. The summed E-state index contributed by atoms with van der Waals surface area (Å²) in [7, 11) is 1.50. The topological polar surface area (TPSA) is 55.8 Å². The monoisotopic (exact) mass is 551 g/mol. The Balaban J connectivity index is 1.56. The molecule has 0 N–H and O–H groups in total. The van der Waals surface area contributed by atoms with Crippen LogP contribution < -0.4 is 9.47 Å². The third kappa shape index (κ3) is 5.59. The molecule has 10 heteroatoms. The van der Waals surface area contributed by atoms with E-state index in [0.29, 0.717) is 32.7 Å². The Morgan fingerprint density at radius 2 is 1.60 bits per heavy atom. The number of methoxy groups -OCH3 is 1. The molecule has 0 unspecified atom stereocenters. The van der Waals surface area contributed by atoms with E-state index in [2.05, 4.69) is 0 Å². The highest BCUT2D eigenvalue weighted by Crippen LogP contribution is 2.37. The molecule has 180 valence electrons. The van der Waals surface area contributed by atoms with Crippen LogP contribution in [0.3, 0.4) is 0 Å². The van der Waals surface area contributed by atoms with Gasteiger partial charge in [-0.1, -0.05) is 53.0 Å². The van der Waals surface area contributed by atoms with Crippen molar-refractivity contribution in [1.29, 1.82) is 0 Å². The number of carbonyl (C=O) groups is 2. The number of imide groups is 1. The van der Waals surface area contributed by atoms with E-state index in [1.165, 1.54) is 25.3 Å². The Bertz CT molecular complexity index is 1310. The second-order valence-electron chi connectivity index (χ2n) is 7.37. The van der Waals surface area contributed by atoms with Gasteiger partial charge in [-0.05, 0) is 59.8 Å². The van der Waals surface area contributed by atoms with Crippen molar-refractivity contribution in [3.8, 4) is 11.5 Å². The summed E-state index contributed by atoms with van der Waals surface area (Å²) in [5.74, 6) is -0.265. The van der Waals surface area contributed by atoms with Crippen LogP contribution in [0.25, 0.3) is 6.08 Å². The SMILES string of the molecule is COc1ccc(/C=C2\SC(=O)N(Cc3c(F)cccc3Cl)C2=O)cc1OCc1c(Cl)cccc1Cl.